The van der Waals surface area contributed by atoms with E-state index < -0.39 is 16.8 Å². The average Bonchev–Trinajstić information content (AvgIpc) is 3.01. The first-order valence-corrected chi connectivity index (χ1v) is 13.5. The second-order valence-corrected chi connectivity index (χ2v) is 10.3. The Morgan fingerprint density at radius 2 is 1.68 bits per heavy atom. The molecule has 44 heavy (non-hydrogen) atoms. The number of hydrogen-bond donors (Lipinski definition) is 2. The molecule has 228 valence electrons. The number of pyridine rings is 3. The van der Waals surface area contributed by atoms with Crippen molar-refractivity contribution in [1.29, 1.82) is 0 Å². The van der Waals surface area contributed by atoms with E-state index in [9.17, 15) is 19.1 Å². The monoisotopic (exact) mass is 600 g/mol. The topological polar surface area (TPSA) is 125 Å². The maximum Gasteiger partial charge on any atom is 0.199 e. The van der Waals surface area contributed by atoms with Crippen molar-refractivity contribution in [3.05, 3.63) is 101 Å². The number of ether oxygens (including phenoxy) is 3. The van der Waals surface area contributed by atoms with Crippen LogP contribution in [0, 0.1) is 5.82 Å². The lowest BCUT2D eigenvalue weighted by Crippen LogP contribution is -2.27. The Morgan fingerprint density at radius 1 is 0.977 bits per heavy atom. The highest BCUT2D eigenvalue weighted by atomic mass is 19.1. The largest absolute Gasteiger partial charge is 0.493 e. The van der Waals surface area contributed by atoms with E-state index >= 15 is 0 Å². The molecule has 0 saturated carbocycles. The molecule has 5 rings (SSSR count). The van der Waals surface area contributed by atoms with Gasteiger partial charge in [-0.25, -0.2) is 9.37 Å². The average molecular weight is 601 g/mol. The quantitative estimate of drug-likeness (QED) is 0.204. The van der Waals surface area contributed by atoms with Crippen molar-refractivity contribution in [2.24, 2.45) is 0 Å². The number of aliphatic hydroxyl groups is 1. The predicted molar refractivity (Wildman–Crippen MR) is 166 cm³/mol. The van der Waals surface area contributed by atoms with Crippen LogP contribution in [0.2, 0.25) is 0 Å². The molecule has 10 nitrogen and oxygen atoms in total. The summed E-state index contributed by atoms with van der Waals surface area (Å²) in [7, 11) is 5.01. The van der Waals surface area contributed by atoms with E-state index in [1.54, 1.807) is 57.3 Å². The lowest BCUT2D eigenvalue weighted by molar-refractivity contribution is 0.0612. The van der Waals surface area contributed by atoms with E-state index in [4.69, 9.17) is 14.2 Å². The van der Waals surface area contributed by atoms with Crippen molar-refractivity contribution in [3.8, 4) is 34.1 Å². The highest BCUT2D eigenvalue weighted by Crippen LogP contribution is 2.36. The summed E-state index contributed by atoms with van der Waals surface area (Å²) in [5.41, 5.74) is 0.179. The summed E-state index contributed by atoms with van der Waals surface area (Å²) in [6.07, 6.45) is 6.80. The highest BCUT2D eigenvalue weighted by Gasteiger charge is 2.16. The third kappa shape index (κ3) is 7.75. The molecule has 5 aromatic rings. The number of halogens is 1. The minimum Gasteiger partial charge on any atom is -0.493 e. The Morgan fingerprint density at radius 3 is 2.27 bits per heavy atom. The normalized spacial score (nSPS) is 10.9. The van der Waals surface area contributed by atoms with Crippen LogP contribution in [-0.4, -0.2) is 52.8 Å². The summed E-state index contributed by atoms with van der Waals surface area (Å²) in [5, 5.41) is 13.7. The van der Waals surface area contributed by atoms with Gasteiger partial charge in [0.15, 0.2) is 23.2 Å². The lowest BCUT2D eigenvalue weighted by atomic mass is 10.0. The maximum atomic E-state index is 13.0. The molecule has 0 aliphatic carbocycles. The van der Waals surface area contributed by atoms with Gasteiger partial charge in [0.1, 0.15) is 23.1 Å². The summed E-state index contributed by atoms with van der Waals surface area (Å²) in [6.45, 7) is 3.48. The van der Waals surface area contributed by atoms with Crippen LogP contribution in [0.1, 0.15) is 24.2 Å². The molecule has 0 saturated heterocycles. The number of nitrogens with zero attached hydrogens (tertiary/aromatic N) is 3. The third-order valence-corrected chi connectivity index (χ3v) is 6.39. The van der Waals surface area contributed by atoms with Crippen LogP contribution in [0.3, 0.4) is 0 Å². The maximum absolute atomic E-state index is 13.0. The van der Waals surface area contributed by atoms with E-state index in [0.717, 1.165) is 16.7 Å². The number of carbonyl (C=O) groups is 1. The number of benzene rings is 2. The smallest absolute Gasteiger partial charge is 0.199 e. The summed E-state index contributed by atoms with van der Waals surface area (Å²) in [6, 6.07) is 14.7. The molecular weight excluding hydrogens is 567 g/mol. The second-order valence-electron chi connectivity index (χ2n) is 10.3. The molecule has 0 amide bonds. The molecule has 0 unspecified atom stereocenters. The lowest BCUT2D eigenvalue weighted by Gasteiger charge is -2.20. The zero-order chi connectivity index (χ0) is 31.9. The van der Waals surface area contributed by atoms with Gasteiger partial charge in [0.25, 0.3) is 0 Å². The van der Waals surface area contributed by atoms with Crippen molar-refractivity contribution < 1.29 is 28.5 Å². The Kier molecular flexibility index (Phi) is 9.92. The van der Waals surface area contributed by atoms with Gasteiger partial charge in [-0.1, -0.05) is 12.1 Å². The number of carbonyl (C=O) groups excluding carboxylic acids is 1. The van der Waals surface area contributed by atoms with Gasteiger partial charge in [-0.2, -0.15) is 0 Å². The number of rotatable bonds is 9. The van der Waals surface area contributed by atoms with Crippen LogP contribution in [-0.2, 0) is 6.54 Å². The van der Waals surface area contributed by atoms with Crippen LogP contribution in [0.5, 0.6) is 23.0 Å². The fourth-order valence-electron chi connectivity index (χ4n) is 4.36. The Labute approximate surface area is 253 Å². The van der Waals surface area contributed by atoms with Gasteiger partial charge in [-0.05, 0) is 55.8 Å². The van der Waals surface area contributed by atoms with Crippen LogP contribution in [0.15, 0.2) is 84.2 Å². The third-order valence-electron chi connectivity index (χ3n) is 6.39. The second kappa shape index (κ2) is 13.8. The fraction of sp³-hybridized carbons (Fsp3) is 0.212. The molecular formula is C33H33FN4O6. The first kappa shape index (κ1) is 31.6. The molecule has 2 aromatic carbocycles. The van der Waals surface area contributed by atoms with Crippen molar-refractivity contribution in [3.63, 3.8) is 0 Å². The number of aromatic nitrogens is 3. The highest BCUT2D eigenvalue weighted by molar-refractivity contribution is 5.88. The van der Waals surface area contributed by atoms with Gasteiger partial charge >= 0.3 is 0 Å². The van der Waals surface area contributed by atoms with Crippen LogP contribution in [0.4, 0.5) is 10.2 Å². The van der Waals surface area contributed by atoms with E-state index in [1.807, 2.05) is 31.3 Å². The number of anilines is 1. The predicted octanol–water partition coefficient (Wildman–Crippen LogP) is 5.72. The molecule has 0 radical (unpaired) electrons. The van der Waals surface area contributed by atoms with Gasteiger partial charge in [0, 0.05) is 42.7 Å². The molecule has 0 fully saturated rings. The first-order chi connectivity index (χ1) is 21.0. The van der Waals surface area contributed by atoms with E-state index in [0.29, 0.717) is 40.4 Å². The van der Waals surface area contributed by atoms with Gasteiger partial charge in [0.05, 0.1) is 43.6 Å². The summed E-state index contributed by atoms with van der Waals surface area (Å²) < 4.78 is 31.2. The minimum atomic E-state index is -0.991. The van der Waals surface area contributed by atoms with Crippen molar-refractivity contribution in [2.75, 3.05) is 26.6 Å². The Hall–Kier alpha value is -5.29. The molecule has 0 spiro atoms. The summed E-state index contributed by atoms with van der Waals surface area (Å²) in [4.78, 5) is 31.8. The number of methoxy groups -OCH3 is 2. The molecule has 0 atom stereocenters. The van der Waals surface area contributed by atoms with Gasteiger partial charge < -0.3 is 29.2 Å². The van der Waals surface area contributed by atoms with Crippen LogP contribution in [0.25, 0.3) is 22.0 Å². The number of fused-ring (bicyclic) bond motifs is 1. The van der Waals surface area contributed by atoms with Gasteiger partial charge in [0.2, 0.25) is 0 Å². The summed E-state index contributed by atoms with van der Waals surface area (Å²) in [5.74, 6) is 2.96. The van der Waals surface area contributed by atoms with Crippen molar-refractivity contribution in [1.82, 2.24) is 14.5 Å². The SMILES string of the molecule is CC(C)(O)Cn1cc(C=O)c(=O)c(-c2ccc(F)cc2)c1.CNc1ccc(Oc2ccnc3cc(OC)c(OC)cc23)cn1. The Bertz CT molecular complexity index is 1800. The van der Waals surface area contributed by atoms with E-state index in [-0.39, 0.29) is 12.1 Å². The molecule has 0 aliphatic rings. The van der Waals surface area contributed by atoms with Crippen LogP contribution < -0.4 is 25.0 Å². The standard InChI is InChI=1S/C17H17N3O3.C16H16FNO3/c1-18-17-5-4-11(10-20-17)23-14-6-7-19-13-9-16(22-3)15(21-2)8-12(13)14;1-16(2,21)10-18-7-12(9-19)15(20)14(8-18)11-3-5-13(17)6-4-11/h4-10H,1-3H3,(H,18,20);3-9,21H,10H2,1-2H3. The molecule has 2 N–H and O–H groups in total. The molecule has 0 aliphatic heterocycles. The number of aldehydes is 1. The molecule has 0 bridgehead atoms. The van der Waals surface area contributed by atoms with Crippen molar-refractivity contribution in [2.45, 2.75) is 26.0 Å². The molecule has 3 aromatic heterocycles. The first-order valence-electron chi connectivity index (χ1n) is 13.5. The fourth-order valence-corrected chi connectivity index (χ4v) is 4.36. The van der Waals surface area contributed by atoms with Crippen molar-refractivity contribution >= 4 is 23.0 Å². The van der Waals surface area contributed by atoms with Crippen LogP contribution >= 0.6 is 0 Å². The Balaban J connectivity index is 0.000000202. The van der Waals surface area contributed by atoms with E-state index in [1.165, 1.54) is 30.5 Å². The zero-order valence-corrected chi connectivity index (χ0v) is 25.0. The molecule has 11 heteroatoms. The summed E-state index contributed by atoms with van der Waals surface area (Å²) >= 11 is 0. The van der Waals surface area contributed by atoms with Gasteiger partial charge in [-0.15, -0.1) is 0 Å². The zero-order valence-electron chi connectivity index (χ0n) is 25.0. The number of hydrogen-bond acceptors (Lipinski definition) is 9. The van der Waals surface area contributed by atoms with Gasteiger partial charge in [-0.3, -0.25) is 14.6 Å². The van der Waals surface area contributed by atoms with E-state index in [2.05, 4.69) is 15.3 Å². The molecule has 3 heterocycles. The minimum absolute atomic E-state index is 0.000995. The number of nitrogens with one attached hydrogen (secondary N) is 1.